The average Bonchev–Trinajstić information content (AvgIpc) is 2.42. The Morgan fingerprint density at radius 2 is 2.25 bits per heavy atom. The van der Waals surface area contributed by atoms with Crippen molar-refractivity contribution < 1.29 is 13.9 Å². The molecule has 6 heteroatoms. The topological polar surface area (TPSA) is 61.2 Å². The van der Waals surface area contributed by atoms with Gasteiger partial charge in [-0.25, -0.2) is 9.37 Å². The van der Waals surface area contributed by atoms with E-state index in [4.69, 9.17) is 4.74 Å². The molecule has 5 nitrogen and oxygen atoms in total. The SMILES string of the molecule is CCOC(=O)CCCn1cnc2ccc(F)cc2c1=O. The molecule has 0 N–H and O–H groups in total. The first-order chi connectivity index (χ1) is 9.61. The van der Waals surface area contributed by atoms with Gasteiger partial charge in [-0.15, -0.1) is 0 Å². The Labute approximate surface area is 115 Å². The second-order valence-corrected chi connectivity index (χ2v) is 4.31. The number of nitrogens with zero attached hydrogens (tertiary/aromatic N) is 2. The van der Waals surface area contributed by atoms with Gasteiger partial charge >= 0.3 is 5.97 Å². The van der Waals surface area contributed by atoms with Crippen LogP contribution in [0.1, 0.15) is 19.8 Å². The number of carbonyl (C=O) groups excluding carboxylic acids is 1. The Balaban J connectivity index is 2.13. The van der Waals surface area contributed by atoms with E-state index in [9.17, 15) is 14.0 Å². The third-order valence-electron chi connectivity index (χ3n) is 2.87. The van der Waals surface area contributed by atoms with Crippen molar-refractivity contribution in [3.63, 3.8) is 0 Å². The van der Waals surface area contributed by atoms with E-state index >= 15 is 0 Å². The molecule has 0 unspecified atom stereocenters. The van der Waals surface area contributed by atoms with E-state index in [2.05, 4.69) is 4.98 Å². The lowest BCUT2D eigenvalue weighted by Gasteiger charge is -2.06. The van der Waals surface area contributed by atoms with Gasteiger partial charge in [0.2, 0.25) is 0 Å². The molecule has 0 saturated heterocycles. The minimum absolute atomic E-state index is 0.238. The van der Waals surface area contributed by atoms with Crippen LogP contribution in [-0.2, 0) is 16.1 Å². The molecule has 106 valence electrons. The Kier molecular flexibility index (Phi) is 4.45. The molecular formula is C14H15FN2O3. The highest BCUT2D eigenvalue weighted by atomic mass is 19.1. The van der Waals surface area contributed by atoms with Crippen LogP contribution in [0.2, 0.25) is 0 Å². The highest BCUT2D eigenvalue weighted by molar-refractivity contribution is 5.77. The number of ether oxygens (including phenoxy) is 1. The van der Waals surface area contributed by atoms with Gasteiger partial charge in [0.15, 0.2) is 0 Å². The van der Waals surface area contributed by atoms with Gasteiger partial charge in [0.05, 0.1) is 23.8 Å². The summed E-state index contributed by atoms with van der Waals surface area (Å²) >= 11 is 0. The molecule has 0 fully saturated rings. The lowest BCUT2D eigenvalue weighted by atomic mass is 10.2. The van der Waals surface area contributed by atoms with Gasteiger partial charge in [-0.3, -0.25) is 14.2 Å². The van der Waals surface area contributed by atoms with Crippen LogP contribution in [0, 0.1) is 5.82 Å². The number of hydrogen-bond donors (Lipinski definition) is 0. The van der Waals surface area contributed by atoms with Gasteiger partial charge in [0.1, 0.15) is 5.82 Å². The van der Waals surface area contributed by atoms with Crippen LogP contribution in [0.3, 0.4) is 0 Å². The zero-order valence-corrected chi connectivity index (χ0v) is 11.1. The summed E-state index contributed by atoms with van der Waals surface area (Å²) in [6.45, 7) is 2.43. The van der Waals surface area contributed by atoms with Crippen molar-refractivity contribution in [2.24, 2.45) is 0 Å². The molecule has 0 saturated carbocycles. The second-order valence-electron chi connectivity index (χ2n) is 4.31. The van der Waals surface area contributed by atoms with Crippen LogP contribution in [-0.4, -0.2) is 22.1 Å². The Hall–Kier alpha value is -2.24. The summed E-state index contributed by atoms with van der Waals surface area (Å²) in [6, 6.07) is 3.90. The van der Waals surface area contributed by atoms with Crippen LogP contribution in [0.25, 0.3) is 10.9 Å². The summed E-state index contributed by atoms with van der Waals surface area (Å²) < 4.78 is 19.3. The maximum absolute atomic E-state index is 13.2. The molecule has 0 spiro atoms. The van der Waals surface area contributed by atoms with E-state index in [1.807, 2.05) is 0 Å². The van der Waals surface area contributed by atoms with Crippen molar-refractivity contribution in [2.45, 2.75) is 26.3 Å². The lowest BCUT2D eigenvalue weighted by molar-refractivity contribution is -0.143. The minimum Gasteiger partial charge on any atom is -0.466 e. The van der Waals surface area contributed by atoms with Crippen LogP contribution in [0.15, 0.2) is 29.3 Å². The monoisotopic (exact) mass is 278 g/mol. The van der Waals surface area contributed by atoms with E-state index < -0.39 is 5.82 Å². The number of esters is 1. The van der Waals surface area contributed by atoms with E-state index in [0.717, 1.165) is 0 Å². The quantitative estimate of drug-likeness (QED) is 0.783. The number of aryl methyl sites for hydroxylation is 1. The number of benzene rings is 1. The van der Waals surface area contributed by atoms with E-state index in [1.54, 1.807) is 6.92 Å². The molecule has 0 amide bonds. The Morgan fingerprint density at radius 3 is 3.00 bits per heavy atom. The summed E-state index contributed by atoms with van der Waals surface area (Å²) in [4.78, 5) is 27.4. The molecule has 2 rings (SSSR count). The lowest BCUT2D eigenvalue weighted by Crippen LogP contribution is -2.21. The third kappa shape index (κ3) is 3.20. The van der Waals surface area contributed by atoms with Crippen LogP contribution in [0.5, 0.6) is 0 Å². The summed E-state index contributed by atoms with van der Waals surface area (Å²) in [5.74, 6) is -0.763. The molecule has 0 aliphatic rings. The van der Waals surface area contributed by atoms with E-state index in [1.165, 1.54) is 29.1 Å². The number of fused-ring (bicyclic) bond motifs is 1. The molecule has 1 aromatic carbocycles. The van der Waals surface area contributed by atoms with Crippen molar-refractivity contribution >= 4 is 16.9 Å². The number of aromatic nitrogens is 2. The van der Waals surface area contributed by atoms with Gasteiger partial charge in [0.25, 0.3) is 5.56 Å². The summed E-state index contributed by atoms with van der Waals surface area (Å²) in [6.07, 6.45) is 2.12. The highest BCUT2D eigenvalue weighted by Gasteiger charge is 2.06. The largest absolute Gasteiger partial charge is 0.466 e. The summed E-state index contributed by atoms with van der Waals surface area (Å²) in [7, 11) is 0. The molecule has 1 aromatic heterocycles. The van der Waals surface area contributed by atoms with Gasteiger partial charge < -0.3 is 4.74 Å². The van der Waals surface area contributed by atoms with E-state index in [-0.39, 0.29) is 23.3 Å². The predicted molar refractivity (Wildman–Crippen MR) is 71.8 cm³/mol. The Morgan fingerprint density at radius 1 is 1.45 bits per heavy atom. The number of rotatable bonds is 5. The molecule has 0 bridgehead atoms. The fourth-order valence-corrected chi connectivity index (χ4v) is 1.92. The summed E-state index contributed by atoms with van der Waals surface area (Å²) in [5.41, 5.74) is 0.149. The number of carbonyl (C=O) groups is 1. The molecule has 0 aliphatic heterocycles. The number of halogens is 1. The van der Waals surface area contributed by atoms with Gasteiger partial charge in [-0.2, -0.15) is 0 Å². The maximum atomic E-state index is 13.2. The predicted octanol–water partition coefficient (Wildman–Crippen LogP) is 1.88. The molecule has 0 atom stereocenters. The van der Waals surface area contributed by atoms with Gasteiger partial charge in [-0.1, -0.05) is 0 Å². The van der Waals surface area contributed by atoms with E-state index in [0.29, 0.717) is 25.1 Å². The fourth-order valence-electron chi connectivity index (χ4n) is 1.92. The maximum Gasteiger partial charge on any atom is 0.305 e. The highest BCUT2D eigenvalue weighted by Crippen LogP contribution is 2.08. The van der Waals surface area contributed by atoms with Crippen LogP contribution in [0.4, 0.5) is 4.39 Å². The molecule has 2 aromatic rings. The van der Waals surface area contributed by atoms with Crippen LogP contribution >= 0.6 is 0 Å². The third-order valence-corrected chi connectivity index (χ3v) is 2.87. The first-order valence-electron chi connectivity index (χ1n) is 6.42. The van der Waals surface area contributed by atoms with Crippen molar-refractivity contribution in [3.8, 4) is 0 Å². The minimum atomic E-state index is -0.472. The smallest absolute Gasteiger partial charge is 0.305 e. The second kappa shape index (κ2) is 6.27. The van der Waals surface area contributed by atoms with Gasteiger partial charge in [0, 0.05) is 13.0 Å². The first kappa shape index (κ1) is 14.2. The number of hydrogen-bond acceptors (Lipinski definition) is 4. The fraction of sp³-hybridized carbons (Fsp3) is 0.357. The summed E-state index contributed by atoms with van der Waals surface area (Å²) in [5, 5.41) is 0.239. The molecular weight excluding hydrogens is 263 g/mol. The van der Waals surface area contributed by atoms with Crippen LogP contribution < -0.4 is 5.56 Å². The van der Waals surface area contributed by atoms with Crippen molar-refractivity contribution in [1.29, 1.82) is 0 Å². The van der Waals surface area contributed by atoms with Crippen molar-refractivity contribution in [1.82, 2.24) is 9.55 Å². The first-order valence-corrected chi connectivity index (χ1v) is 6.42. The molecule has 20 heavy (non-hydrogen) atoms. The van der Waals surface area contributed by atoms with Crippen molar-refractivity contribution in [2.75, 3.05) is 6.61 Å². The zero-order valence-electron chi connectivity index (χ0n) is 11.1. The average molecular weight is 278 g/mol. The molecule has 1 heterocycles. The Bertz CT molecular complexity index is 682. The zero-order chi connectivity index (χ0) is 14.5. The molecule has 0 radical (unpaired) electrons. The standard InChI is InChI=1S/C14H15FN2O3/c1-2-20-13(18)4-3-7-17-9-16-12-6-5-10(15)8-11(12)14(17)19/h5-6,8-9H,2-4,7H2,1H3. The molecule has 0 aliphatic carbocycles. The normalized spacial score (nSPS) is 10.7. The van der Waals surface area contributed by atoms with Gasteiger partial charge in [-0.05, 0) is 31.5 Å². The van der Waals surface area contributed by atoms with Crippen molar-refractivity contribution in [3.05, 3.63) is 40.7 Å².